The Kier molecular flexibility index (Phi) is 10.5. The molecule has 4 heteroatoms. The molecule has 0 heterocycles. The van der Waals surface area contributed by atoms with Gasteiger partial charge in [0.05, 0.1) is 6.61 Å². The molecule has 0 amide bonds. The van der Waals surface area contributed by atoms with Crippen molar-refractivity contribution in [2.75, 3.05) is 6.61 Å². The van der Waals surface area contributed by atoms with E-state index in [2.05, 4.69) is 33.1 Å². The number of rotatable bonds is 10. The molecule has 0 aliphatic heterocycles. The predicted octanol–water partition coefficient (Wildman–Crippen LogP) is 4.10. The fraction of sp³-hybridized carbons (Fsp3) is 0.786. The predicted molar refractivity (Wildman–Crippen MR) is 87.2 cm³/mol. The van der Waals surface area contributed by atoms with Gasteiger partial charge < -0.3 is 10.5 Å². The van der Waals surface area contributed by atoms with Gasteiger partial charge in [0, 0.05) is 16.9 Å². The molecule has 2 N–H and O–H groups in total. The summed E-state index contributed by atoms with van der Waals surface area (Å²) in [7, 11) is 0. The number of hydrogen-bond acceptors (Lipinski definition) is 4. The van der Waals surface area contributed by atoms with Gasteiger partial charge in [-0.3, -0.25) is 0 Å². The Morgan fingerprint density at radius 3 is 2.61 bits per heavy atom. The summed E-state index contributed by atoms with van der Waals surface area (Å²) in [5.41, 5.74) is 6.29. The van der Waals surface area contributed by atoms with Crippen molar-refractivity contribution in [1.29, 1.82) is 0 Å². The first-order valence-electron chi connectivity index (χ1n) is 6.75. The summed E-state index contributed by atoms with van der Waals surface area (Å²) in [6.45, 7) is 8.59. The zero-order valence-corrected chi connectivity index (χ0v) is 13.4. The maximum atomic E-state index is 5.56. The molecule has 0 fully saturated rings. The minimum Gasteiger partial charge on any atom is -0.487 e. The molecular weight excluding hydrogens is 262 g/mol. The first kappa shape index (κ1) is 17.8. The molecule has 0 aromatic rings. The van der Waals surface area contributed by atoms with E-state index < -0.39 is 0 Å². The molecule has 0 spiro atoms. The summed E-state index contributed by atoms with van der Waals surface area (Å²) in [5.74, 6) is 0.369. The quantitative estimate of drug-likeness (QED) is 0.361. The van der Waals surface area contributed by atoms with Crippen LogP contribution < -0.4 is 5.73 Å². The van der Waals surface area contributed by atoms with Crippen molar-refractivity contribution in [3.63, 3.8) is 0 Å². The Bertz CT molecular complexity index is 256. The second kappa shape index (κ2) is 10.7. The zero-order chi connectivity index (χ0) is 14.0. The molecular formula is C14H27NOS2. The molecule has 0 radical (unpaired) electrons. The van der Waals surface area contributed by atoms with E-state index in [4.69, 9.17) is 22.7 Å². The third-order valence-electron chi connectivity index (χ3n) is 3.00. The van der Waals surface area contributed by atoms with Crippen molar-refractivity contribution < 1.29 is 4.74 Å². The number of hydrogen-bond donors (Lipinski definition) is 2. The third-order valence-corrected chi connectivity index (χ3v) is 4.03. The van der Waals surface area contributed by atoms with Gasteiger partial charge in [-0.15, -0.1) is 0 Å². The molecule has 0 aliphatic carbocycles. The standard InChI is InChI=1S/C14H27NOS2/c1-4-11(2)14(18)16-10-9-13(17)8-6-5-7-12(3)15/h11,13,17H,3-10,15H2,1-2H3/t11?,13-/m0/s1. The lowest BCUT2D eigenvalue weighted by Gasteiger charge is -2.14. The average molecular weight is 290 g/mol. The van der Waals surface area contributed by atoms with Crippen molar-refractivity contribution in [3.05, 3.63) is 12.3 Å². The molecule has 0 aliphatic rings. The lowest BCUT2D eigenvalue weighted by Crippen LogP contribution is -2.14. The van der Waals surface area contributed by atoms with Crippen molar-refractivity contribution in [2.45, 2.75) is 57.6 Å². The van der Waals surface area contributed by atoms with Gasteiger partial charge >= 0.3 is 0 Å². The first-order chi connectivity index (χ1) is 8.47. The van der Waals surface area contributed by atoms with E-state index in [0.29, 0.717) is 17.8 Å². The van der Waals surface area contributed by atoms with Gasteiger partial charge in [0.25, 0.3) is 0 Å². The fourth-order valence-corrected chi connectivity index (χ4v) is 2.02. The monoisotopic (exact) mass is 289 g/mol. The van der Waals surface area contributed by atoms with Crippen LogP contribution in [0.4, 0.5) is 0 Å². The van der Waals surface area contributed by atoms with Crippen LogP contribution in [-0.2, 0) is 4.74 Å². The Hall–Kier alpha value is -0.220. The topological polar surface area (TPSA) is 35.2 Å². The van der Waals surface area contributed by atoms with Crippen LogP contribution in [0.5, 0.6) is 0 Å². The summed E-state index contributed by atoms with van der Waals surface area (Å²) < 4.78 is 5.56. The number of allylic oxidation sites excluding steroid dienone is 1. The van der Waals surface area contributed by atoms with Gasteiger partial charge in [-0.25, -0.2) is 0 Å². The van der Waals surface area contributed by atoms with E-state index in [1.165, 1.54) is 0 Å². The van der Waals surface area contributed by atoms with Crippen molar-refractivity contribution in [2.24, 2.45) is 11.7 Å². The number of thiol groups is 1. The second-order valence-corrected chi connectivity index (χ2v) is 5.96. The maximum Gasteiger partial charge on any atom is 0.162 e. The molecule has 0 bridgehead atoms. The normalized spacial score (nSPS) is 13.9. The first-order valence-corrected chi connectivity index (χ1v) is 7.67. The van der Waals surface area contributed by atoms with E-state index in [1.807, 2.05) is 0 Å². The highest BCUT2D eigenvalue weighted by Gasteiger charge is 2.08. The Morgan fingerprint density at radius 2 is 2.06 bits per heavy atom. The third kappa shape index (κ3) is 9.77. The summed E-state index contributed by atoms with van der Waals surface area (Å²) in [6, 6.07) is 0. The highest BCUT2D eigenvalue weighted by Crippen LogP contribution is 2.14. The van der Waals surface area contributed by atoms with Crippen molar-refractivity contribution in [1.82, 2.24) is 0 Å². The molecule has 0 saturated carbocycles. The molecule has 18 heavy (non-hydrogen) atoms. The lowest BCUT2D eigenvalue weighted by atomic mass is 10.1. The van der Waals surface area contributed by atoms with Crippen molar-refractivity contribution in [3.8, 4) is 0 Å². The minimum absolute atomic E-state index is 0.369. The van der Waals surface area contributed by atoms with E-state index >= 15 is 0 Å². The Labute approximate surface area is 123 Å². The van der Waals surface area contributed by atoms with E-state index in [1.54, 1.807) is 0 Å². The fourth-order valence-electron chi connectivity index (χ4n) is 1.48. The molecule has 0 aromatic heterocycles. The van der Waals surface area contributed by atoms with Gasteiger partial charge in [-0.2, -0.15) is 12.6 Å². The van der Waals surface area contributed by atoms with Crippen LogP contribution in [0, 0.1) is 5.92 Å². The molecule has 1 unspecified atom stereocenters. The van der Waals surface area contributed by atoms with Gasteiger partial charge in [0.2, 0.25) is 0 Å². The van der Waals surface area contributed by atoms with Crippen molar-refractivity contribution >= 4 is 29.9 Å². The van der Waals surface area contributed by atoms with Crippen LogP contribution in [0.25, 0.3) is 0 Å². The molecule has 0 rings (SSSR count). The van der Waals surface area contributed by atoms with Crippen LogP contribution in [0.15, 0.2) is 12.3 Å². The summed E-state index contributed by atoms with van der Waals surface area (Å²) in [5, 5.41) is 1.12. The van der Waals surface area contributed by atoms with Gasteiger partial charge in [0.15, 0.2) is 5.05 Å². The van der Waals surface area contributed by atoms with Gasteiger partial charge in [-0.1, -0.05) is 26.8 Å². The average Bonchev–Trinajstić information content (AvgIpc) is 2.33. The van der Waals surface area contributed by atoms with Gasteiger partial charge in [0.1, 0.15) is 0 Å². The Morgan fingerprint density at radius 1 is 1.39 bits per heavy atom. The van der Waals surface area contributed by atoms with Crippen LogP contribution in [-0.4, -0.2) is 16.9 Å². The van der Waals surface area contributed by atoms with E-state index in [0.717, 1.165) is 49.3 Å². The Balaban J connectivity index is 3.50. The molecule has 0 aromatic carbocycles. The van der Waals surface area contributed by atoms with E-state index in [-0.39, 0.29) is 0 Å². The minimum atomic E-state index is 0.369. The van der Waals surface area contributed by atoms with Crippen LogP contribution in [0.3, 0.4) is 0 Å². The largest absolute Gasteiger partial charge is 0.487 e. The molecule has 106 valence electrons. The zero-order valence-electron chi connectivity index (χ0n) is 11.7. The van der Waals surface area contributed by atoms with Gasteiger partial charge in [-0.05, 0) is 44.3 Å². The highest BCUT2D eigenvalue weighted by molar-refractivity contribution is 7.81. The summed E-state index contributed by atoms with van der Waals surface area (Å²) in [4.78, 5) is 0. The van der Waals surface area contributed by atoms with E-state index in [9.17, 15) is 0 Å². The SMILES string of the molecule is C=C(N)CCCC[C@H](S)CCOC(=S)C(C)CC. The summed E-state index contributed by atoms with van der Waals surface area (Å²) >= 11 is 9.75. The molecule has 2 nitrogen and oxygen atoms in total. The second-order valence-electron chi connectivity index (χ2n) is 4.82. The molecule has 0 saturated heterocycles. The molecule has 2 atom stereocenters. The van der Waals surface area contributed by atoms with Crippen LogP contribution >= 0.6 is 24.8 Å². The number of thiocarbonyl (C=S) groups is 1. The van der Waals surface area contributed by atoms with Crippen LogP contribution in [0.1, 0.15) is 52.4 Å². The number of ether oxygens (including phenoxy) is 1. The summed E-state index contributed by atoms with van der Waals surface area (Å²) in [6.07, 6.45) is 6.22. The van der Waals surface area contributed by atoms with Crippen LogP contribution in [0.2, 0.25) is 0 Å². The number of unbranched alkanes of at least 4 members (excludes halogenated alkanes) is 1. The maximum absolute atomic E-state index is 5.56. The lowest BCUT2D eigenvalue weighted by molar-refractivity contribution is 0.282. The smallest absolute Gasteiger partial charge is 0.162 e. The highest BCUT2D eigenvalue weighted by atomic mass is 32.1. The number of nitrogens with two attached hydrogens (primary N) is 1.